The molecule has 0 radical (unpaired) electrons. The molecule has 0 amide bonds. The van der Waals surface area contributed by atoms with Crippen molar-refractivity contribution in [2.75, 3.05) is 0 Å². The smallest absolute Gasteiger partial charge is 0.0792 e. The number of hydrogen-bond acceptors (Lipinski definition) is 10. The van der Waals surface area contributed by atoms with Crippen molar-refractivity contribution in [3.05, 3.63) is 159 Å². The van der Waals surface area contributed by atoms with E-state index < -0.39 is 0 Å². The zero-order valence-electron chi connectivity index (χ0n) is 46.6. The zero-order valence-corrected chi connectivity index (χ0v) is 54.8. The molecule has 0 nitrogen and oxygen atoms in total. The average Bonchev–Trinajstić information content (AvgIpc) is 4.31. The molecule has 0 bridgehead atoms. The Balaban J connectivity index is 0.985. The fourth-order valence-electron chi connectivity index (χ4n) is 9.60. The maximum atomic E-state index is 3.74. The first kappa shape index (κ1) is 58.9. The van der Waals surface area contributed by atoms with Gasteiger partial charge in [-0.15, -0.1) is 113 Å². The van der Waals surface area contributed by atoms with Gasteiger partial charge in [-0.1, -0.05) is 117 Å². The van der Waals surface area contributed by atoms with E-state index in [1.54, 1.807) is 56.7 Å². The molecule has 0 aliphatic carbocycles. The van der Waals surface area contributed by atoms with Gasteiger partial charge in [0.2, 0.25) is 0 Å². The quantitative estimate of drug-likeness (QED) is 0.0374. The number of hydrogen-bond donors (Lipinski definition) is 0. The lowest BCUT2D eigenvalue weighted by molar-refractivity contribution is 0.670. The van der Waals surface area contributed by atoms with Gasteiger partial charge in [0.1, 0.15) is 0 Å². The van der Waals surface area contributed by atoms with Crippen LogP contribution in [0.15, 0.2) is 109 Å². The van der Waals surface area contributed by atoms with Gasteiger partial charge in [0.05, 0.1) is 34.1 Å². The monoisotopic (exact) mass is 1230 g/mol. The molecule has 10 heterocycles. The standard InChI is InChI=1S/C70H70S10/c1-5-9-13-17-21-50-31-38-61(71-50)64-42-35-54(75-64)26-25-49-47-57(29-27-55-36-43-65(76-55)62-39-32-51(72-62)22-18-14-10-6-2)78-69(49)70-59(60-45-46-68(80-60)67-41-34-53(74-67)24-20-16-12-8-4)48-58(79-70)30-28-56-37-44-66(77-56)63-40-33-52(73-63)23-19-15-11-7-3/h31-48H,5-24H2,1-4H3. The third kappa shape index (κ3) is 16.3. The summed E-state index contributed by atoms with van der Waals surface area (Å²) in [6.07, 6.45) is 25.3. The molecule has 80 heavy (non-hydrogen) atoms. The maximum Gasteiger partial charge on any atom is 0.0792 e. The van der Waals surface area contributed by atoms with Crippen LogP contribution in [-0.2, 0) is 25.7 Å². The first-order valence-electron chi connectivity index (χ1n) is 29.0. The van der Waals surface area contributed by atoms with Crippen molar-refractivity contribution in [1.82, 2.24) is 0 Å². The molecule has 0 unspecified atom stereocenters. The van der Waals surface area contributed by atoms with E-state index in [2.05, 4.69) is 172 Å². The Kier molecular flexibility index (Phi) is 22.3. The summed E-state index contributed by atoms with van der Waals surface area (Å²) < 4.78 is 0. The Morgan fingerprint density at radius 2 is 0.562 bits per heavy atom. The predicted molar refractivity (Wildman–Crippen MR) is 366 cm³/mol. The van der Waals surface area contributed by atoms with Gasteiger partial charge < -0.3 is 0 Å². The van der Waals surface area contributed by atoms with Crippen molar-refractivity contribution in [3.63, 3.8) is 0 Å². The van der Waals surface area contributed by atoms with Gasteiger partial charge in [0.25, 0.3) is 0 Å². The van der Waals surface area contributed by atoms with E-state index in [0.717, 1.165) is 41.2 Å². The van der Waals surface area contributed by atoms with Crippen molar-refractivity contribution in [1.29, 1.82) is 0 Å². The molecule has 10 aromatic heterocycles. The maximum absolute atomic E-state index is 3.74. The van der Waals surface area contributed by atoms with Crippen LogP contribution in [0, 0.1) is 35.5 Å². The third-order valence-corrected chi connectivity index (χ3v) is 25.8. The molecule has 0 aliphatic heterocycles. The molecule has 10 rings (SSSR count). The number of thiophene rings is 10. The van der Waals surface area contributed by atoms with E-state index in [-0.39, 0.29) is 0 Å². The van der Waals surface area contributed by atoms with Crippen LogP contribution in [0.25, 0.3) is 59.2 Å². The van der Waals surface area contributed by atoms with Crippen molar-refractivity contribution in [2.24, 2.45) is 0 Å². The second kappa shape index (κ2) is 30.3. The molecule has 0 aliphatic rings. The summed E-state index contributed by atoms with van der Waals surface area (Å²) in [4.78, 5) is 25.5. The molecule has 10 aromatic rings. The highest BCUT2D eigenvalue weighted by Gasteiger charge is 2.21. The summed E-state index contributed by atoms with van der Waals surface area (Å²) in [5, 5.41) is 0. The molecule has 0 aromatic carbocycles. The summed E-state index contributed by atoms with van der Waals surface area (Å²) in [5.41, 5.74) is 2.24. The Bertz CT molecular complexity index is 3730. The van der Waals surface area contributed by atoms with Gasteiger partial charge in [-0.3, -0.25) is 0 Å². The Morgan fingerprint density at radius 3 is 0.975 bits per heavy atom. The lowest BCUT2D eigenvalue weighted by atomic mass is 10.1. The highest BCUT2D eigenvalue weighted by molar-refractivity contribution is 7.26. The topological polar surface area (TPSA) is 0 Å². The fraction of sp³-hybridized carbons (Fsp3) is 0.343. The van der Waals surface area contributed by atoms with Gasteiger partial charge in [-0.2, -0.15) is 0 Å². The van der Waals surface area contributed by atoms with Crippen LogP contribution in [0.5, 0.6) is 0 Å². The molecule has 0 saturated heterocycles. The van der Waals surface area contributed by atoms with E-state index in [1.165, 1.54) is 196 Å². The number of aryl methyl sites for hydroxylation is 4. The lowest BCUT2D eigenvalue weighted by Crippen LogP contribution is -1.80. The molecule has 10 heteroatoms. The first-order valence-corrected chi connectivity index (χ1v) is 37.2. The minimum absolute atomic E-state index is 1.02. The highest BCUT2D eigenvalue weighted by atomic mass is 32.1. The number of rotatable bonds is 26. The highest BCUT2D eigenvalue weighted by Crippen LogP contribution is 2.48. The summed E-state index contributed by atoms with van der Waals surface area (Å²) in [6, 6.07) is 41.2. The van der Waals surface area contributed by atoms with Gasteiger partial charge in [0, 0.05) is 74.5 Å². The molecule has 0 saturated carbocycles. The summed E-state index contributed by atoms with van der Waals surface area (Å²) >= 11 is 18.7. The lowest BCUT2D eigenvalue weighted by Gasteiger charge is -2.00. The SMILES string of the molecule is CCCCCCc1ccc(-c2ccc(C#Cc3cc(C#Cc4ccc(-c5ccc(CCCCCC)s5)s4)c(-c4sc(C#Cc5ccc(-c6ccc(CCCCCC)s6)s5)cc4-c4ccc(-c5ccc(CCCCCC)s5)s4)s3)s2)s1. The van der Waals surface area contributed by atoms with Gasteiger partial charge in [0.15, 0.2) is 0 Å². The van der Waals surface area contributed by atoms with E-state index >= 15 is 0 Å². The predicted octanol–water partition coefficient (Wildman–Crippen LogP) is 25.0. The second-order valence-electron chi connectivity index (χ2n) is 20.4. The van der Waals surface area contributed by atoms with Gasteiger partial charge >= 0.3 is 0 Å². The third-order valence-electron chi connectivity index (χ3n) is 14.0. The van der Waals surface area contributed by atoms with E-state index in [1.807, 2.05) is 56.7 Å². The van der Waals surface area contributed by atoms with E-state index in [4.69, 9.17) is 0 Å². The zero-order chi connectivity index (χ0) is 54.9. The van der Waals surface area contributed by atoms with E-state index in [0.29, 0.717) is 0 Å². The van der Waals surface area contributed by atoms with Crippen LogP contribution in [0.1, 0.15) is 180 Å². The summed E-state index contributed by atoms with van der Waals surface area (Å²) in [6.45, 7) is 9.14. The fourth-order valence-corrected chi connectivity index (χ4v) is 20.0. The van der Waals surface area contributed by atoms with Crippen LogP contribution in [0.4, 0.5) is 0 Å². The van der Waals surface area contributed by atoms with Crippen molar-refractivity contribution in [2.45, 2.75) is 156 Å². The second-order valence-corrected chi connectivity index (χ2v) is 31.5. The Hall–Kier alpha value is -4.32. The molecule has 0 N–H and O–H groups in total. The van der Waals surface area contributed by atoms with Crippen molar-refractivity contribution >= 4 is 113 Å². The minimum atomic E-state index is 1.02. The molecule has 410 valence electrons. The van der Waals surface area contributed by atoms with Crippen LogP contribution in [0.3, 0.4) is 0 Å². The number of unbranched alkanes of at least 4 members (excludes halogenated alkanes) is 12. The van der Waals surface area contributed by atoms with Crippen LogP contribution in [0.2, 0.25) is 0 Å². The van der Waals surface area contributed by atoms with Crippen LogP contribution < -0.4 is 0 Å². The molecular weight excluding hydrogens is 1160 g/mol. The molecular formula is C70H70S10. The van der Waals surface area contributed by atoms with E-state index in [9.17, 15) is 0 Å². The summed E-state index contributed by atoms with van der Waals surface area (Å²) in [5.74, 6) is 21.9. The first-order chi connectivity index (χ1) is 39.4. The average molecular weight is 1230 g/mol. The summed E-state index contributed by atoms with van der Waals surface area (Å²) in [7, 11) is 0. The molecule has 0 atom stereocenters. The molecule has 0 spiro atoms. The largest absolute Gasteiger partial charge is 0.139 e. The van der Waals surface area contributed by atoms with Crippen LogP contribution in [-0.4, -0.2) is 0 Å². The molecule has 0 fully saturated rings. The Labute approximate surface area is 517 Å². The van der Waals surface area contributed by atoms with Gasteiger partial charge in [-0.05, 0) is 184 Å². The van der Waals surface area contributed by atoms with Crippen molar-refractivity contribution < 1.29 is 0 Å². The van der Waals surface area contributed by atoms with Gasteiger partial charge in [-0.25, -0.2) is 0 Å². The Morgan fingerprint density at radius 1 is 0.250 bits per heavy atom. The minimum Gasteiger partial charge on any atom is -0.139 e. The van der Waals surface area contributed by atoms with Crippen molar-refractivity contribution in [3.8, 4) is 94.7 Å². The van der Waals surface area contributed by atoms with Crippen LogP contribution >= 0.6 is 113 Å². The normalized spacial score (nSPS) is 11.2.